The number of hydrogen-bond acceptors (Lipinski definition) is 5. The summed E-state index contributed by atoms with van der Waals surface area (Å²) in [4.78, 5) is 20.3. The molecule has 0 atom stereocenters. The largest absolute Gasteiger partial charge is 0.503 e. The van der Waals surface area contributed by atoms with E-state index in [4.69, 9.17) is 11.6 Å². The van der Waals surface area contributed by atoms with Crippen LogP contribution in [0.4, 0.5) is 5.69 Å². The van der Waals surface area contributed by atoms with Gasteiger partial charge in [0.1, 0.15) is 0 Å². The average Bonchev–Trinajstić information content (AvgIpc) is 2.20. The molecule has 0 amide bonds. The summed E-state index contributed by atoms with van der Waals surface area (Å²) in [5.41, 5.74) is -0.885. The number of phenolic OH excluding ortho intramolecular Hbond substituents is 1. The van der Waals surface area contributed by atoms with E-state index >= 15 is 0 Å². The molecule has 6 nitrogen and oxygen atoms in total. The average molecular weight is 232 g/mol. The number of ether oxygens (including phenoxy) is 1. The fourth-order valence-electron chi connectivity index (χ4n) is 1.06. The van der Waals surface area contributed by atoms with E-state index in [0.29, 0.717) is 0 Å². The third-order valence-electron chi connectivity index (χ3n) is 1.74. The lowest BCUT2D eigenvalue weighted by Crippen LogP contribution is -1.97. The van der Waals surface area contributed by atoms with E-state index in [1.165, 1.54) is 7.11 Å². The lowest BCUT2D eigenvalue weighted by molar-refractivity contribution is -0.385. The van der Waals surface area contributed by atoms with Gasteiger partial charge in [-0.25, -0.2) is 0 Å². The van der Waals surface area contributed by atoms with E-state index in [1.54, 1.807) is 0 Å². The molecule has 1 N–H and O–H groups in total. The minimum atomic E-state index is -0.842. The Balaban J connectivity index is 3.58. The molecule has 0 fully saturated rings. The molecule has 0 aliphatic heterocycles. The van der Waals surface area contributed by atoms with Crippen LogP contribution in [0.3, 0.4) is 0 Å². The van der Waals surface area contributed by atoms with Gasteiger partial charge < -0.3 is 9.84 Å². The summed E-state index contributed by atoms with van der Waals surface area (Å²) in [5.74, 6) is -0.649. The molecule has 1 rings (SSSR count). The predicted molar refractivity (Wildman–Crippen MR) is 51.7 cm³/mol. The standard InChI is InChI=1S/C8H6ClNO5/c1-15-5-2-4(3-11)7(10(13)14)6(9)8(5)12/h2-3,12H,1H3. The number of aldehydes is 1. The Kier molecular flexibility index (Phi) is 3.11. The molecule has 15 heavy (non-hydrogen) atoms. The molecule has 0 aliphatic rings. The summed E-state index contributed by atoms with van der Waals surface area (Å²) < 4.78 is 4.69. The fourth-order valence-corrected chi connectivity index (χ4v) is 1.33. The topological polar surface area (TPSA) is 89.7 Å². The summed E-state index contributed by atoms with van der Waals surface area (Å²) in [6.45, 7) is 0. The van der Waals surface area contributed by atoms with Crippen molar-refractivity contribution in [3.05, 3.63) is 26.8 Å². The first kappa shape index (κ1) is 11.3. The van der Waals surface area contributed by atoms with Crippen LogP contribution in [-0.2, 0) is 0 Å². The van der Waals surface area contributed by atoms with Crippen molar-refractivity contribution in [3.63, 3.8) is 0 Å². The molecule has 0 radical (unpaired) electrons. The number of nitrogens with zero attached hydrogens (tertiary/aromatic N) is 1. The van der Waals surface area contributed by atoms with Gasteiger partial charge in [-0.2, -0.15) is 0 Å². The van der Waals surface area contributed by atoms with Gasteiger partial charge in [-0.1, -0.05) is 11.6 Å². The molecule has 0 unspecified atom stereocenters. The number of phenols is 1. The molecule has 0 spiro atoms. The minimum Gasteiger partial charge on any atom is -0.503 e. The third-order valence-corrected chi connectivity index (χ3v) is 2.10. The molecule has 80 valence electrons. The lowest BCUT2D eigenvalue weighted by atomic mass is 10.1. The first-order chi connectivity index (χ1) is 7.02. The third kappa shape index (κ3) is 1.84. The number of methoxy groups -OCH3 is 1. The van der Waals surface area contributed by atoms with Gasteiger partial charge in [0, 0.05) is 6.07 Å². The van der Waals surface area contributed by atoms with Gasteiger partial charge in [0.15, 0.2) is 22.8 Å². The number of rotatable bonds is 3. The van der Waals surface area contributed by atoms with E-state index in [-0.39, 0.29) is 17.6 Å². The molecule has 1 aromatic carbocycles. The highest BCUT2D eigenvalue weighted by molar-refractivity contribution is 6.35. The predicted octanol–water partition coefficient (Wildman–Crippen LogP) is 1.77. The Bertz CT molecular complexity index is 432. The number of aromatic hydroxyl groups is 1. The Labute approximate surface area is 89.2 Å². The summed E-state index contributed by atoms with van der Waals surface area (Å²) >= 11 is 5.53. The second-order valence-corrected chi connectivity index (χ2v) is 2.93. The first-order valence-electron chi connectivity index (χ1n) is 3.72. The second-order valence-electron chi connectivity index (χ2n) is 2.55. The lowest BCUT2D eigenvalue weighted by Gasteiger charge is -2.06. The highest BCUT2D eigenvalue weighted by Crippen LogP contribution is 2.42. The van der Waals surface area contributed by atoms with Gasteiger partial charge in [0.05, 0.1) is 17.6 Å². The van der Waals surface area contributed by atoms with Crippen LogP contribution < -0.4 is 4.74 Å². The first-order valence-corrected chi connectivity index (χ1v) is 4.09. The Hall–Kier alpha value is -1.82. The number of nitro groups is 1. The summed E-state index contributed by atoms with van der Waals surface area (Å²) in [6.07, 6.45) is 0.270. The monoisotopic (exact) mass is 231 g/mol. The number of halogens is 1. The number of nitro benzene ring substituents is 1. The zero-order chi connectivity index (χ0) is 11.6. The van der Waals surface area contributed by atoms with E-state index in [1.807, 2.05) is 0 Å². The molecule has 1 aromatic rings. The summed E-state index contributed by atoms with van der Waals surface area (Å²) in [7, 11) is 1.24. The smallest absolute Gasteiger partial charge is 0.302 e. The van der Waals surface area contributed by atoms with Crippen molar-refractivity contribution in [2.24, 2.45) is 0 Å². The molecular formula is C8H6ClNO5. The van der Waals surface area contributed by atoms with Crippen molar-refractivity contribution >= 4 is 23.6 Å². The van der Waals surface area contributed by atoms with Crippen molar-refractivity contribution in [3.8, 4) is 11.5 Å². The van der Waals surface area contributed by atoms with Gasteiger partial charge in [-0.3, -0.25) is 14.9 Å². The Morgan fingerprint density at radius 1 is 1.67 bits per heavy atom. The van der Waals surface area contributed by atoms with Crippen molar-refractivity contribution in [2.75, 3.05) is 7.11 Å². The molecule has 0 aromatic heterocycles. The maximum absolute atomic E-state index is 10.6. The van der Waals surface area contributed by atoms with E-state index in [9.17, 15) is 20.0 Å². The highest BCUT2D eigenvalue weighted by Gasteiger charge is 2.25. The molecule has 0 saturated heterocycles. The van der Waals surface area contributed by atoms with E-state index < -0.39 is 21.4 Å². The van der Waals surface area contributed by atoms with Crippen LogP contribution in [0.15, 0.2) is 6.07 Å². The summed E-state index contributed by atoms with van der Waals surface area (Å²) in [5, 5.41) is 19.4. The van der Waals surface area contributed by atoms with Gasteiger partial charge >= 0.3 is 5.69 Å². The second kappa shape index (κ2) is 4.14. The van der Waals surface area contributed by atoms with Gasteiger partial charge in [-0.05, 0) is 0 Å². The number of hydrogen-bond donors (Lipinski definition) is 1. The van der Waals surface area contributed by atoms with E-state index in [2.05, 4.69) is 4.74 Å². The van der Waals surface area contributed by atoms with Crippen LogP contribution in [0, 0.1) is 10.1 Å². The van der Waals surface area contributed by atoms with E-state index in [0.717, 1.165) is 6.07 Å². The molecule has 0 heterocycles. The zero-order valence-corrected chi connectivity index (χ0v) is 8.32. The maximum Gasteiger partial charge on any atom is 0.302 e. The number of carbonyl (C=O) groups excluding carboxylic acids is 1. The Morgan fingerprint density at radius 3 is 2.67 bits per heavy atom. The number of benzene rings is 1. The fraction of sp³-hybridized carbons (Fsp3) is 0.125. The maximum atomic E-state index is 10.6. The number of carbonyl (C=O) groups is 1. The van der Waals surface area contributed by atoms with Crippen LogP contribution in [0.25, 0.3) is 0 Å². The highest BCUT2D eigenvalue weighted by atomic mass is 35.5. The van der Waals surface area contributed by atoms with Crippen LogP contribution in [0.1, 0.15) is 10.4 Å². The van der Waals surface area contributed by atoms with Crippen molar-refractivity contribution in [1.82, 2.24) is 0 Å². The summed E-state index contributed by atoms with van der Waals surface area (Å²) in [6, 6.07) is 1.05. The van der Waals surface area contributed by atoms with Crippen molar-refractivity contribution in [1.29, 1.82) is 0 Å². The van der Waals surface area contributed by atoms with Crippen molar-refractivity contribution in [2.45, 2.75) is 0 Å². The molecule has 0 bridgehead atoms. The zero-order valence-electron chi connectivity index (χ0n) is 7.56. The molecule has 7 heteroatoms. The van der Waals surface area contributed by atoms with Crippen LogP contribution in [0.2, 0.25) is 5.02 Å². The Morgan fingerprint density at radius 2 is 2.27 bits per heavy atom. The van der Waals surface area contributed by atoms with Crippen LogP contribution in [0.5, 0.6) is 11.5 Å². The van der Waals surface area contributed by atoms with Gasteiger partial charge in [0.2, 0.25) is 0 Å². The van der Waals surface area contributed by atoms with Crippen LogP contribution in [-0.4, -0.2) is 23.4 Å². The van der Waals surface area contributed by atoms with Crippen molar-refractivity contribution < 1.29 is 19.6 Å². The minimum absolute atomic E-state index is 0.0901. The van der Waals surface area contributed by atoms with Crippen LogP contribution >= 0.6 is 11.6 Å². The molecule has 0 aliphatic carbocycles. The normalized spacial score (nSPS) is 9.73. The molecular weight excluding hydrogens is 226 g/mol. The molecule has 0 saturated carbocycles. The quantitative estimate of drug-likeness (QED) is 0.486. The van der Waals surface area contributed by atoms with Gasteiger partial charge in [-0.15, -0.1) is 0 Å². The SMILES string of the molecule is COc1cc(C=O)c([N+](=O)[O-])c(Cl)c1O. The van der Waals surface area contributed by atoms with Gasteiger partial charge in [0.25, 0.3) is 0 Å².